The highest BCUT2D eigenvalue weighted by molar-refractivity contribution is 5.81. The van der Waals surface area contributed by atoms with E-state index in [1.165, 1.54) is 12.8 Å². The molecule has 3 rings (SSSR count). The van der Waals surface area contributed by atoms with E-state index in [1.54, 1.807) is 6.92 Å². The average Bonchev–Trinajstić information content (AvgIpc) is 2.38. The van der Waals surface area contributed by atoms with E-state index in [9.17, 15) is 4.79 Å². The Labute approximate surface area is 74.5 Å². The van der Waals surface area contributed by atoms with Gasteiger partial charge in [0.1, 0.15) is 5.78 Å². The highest BCUT2D eigenvalue weighted by atomic mass is 16.1. The van der Waals surface area contributed by atoms with E-state index in [0.29, 0.717) is 28.4 Å². The molecule has 0 aromatic carbocycles. The van der Waals surface area contributed by atoms with Crippen molar-refractivity contribution in [1.82, 2.24) is 0 Å². The van der Waals surface area contributed by atoms with Crippen LogP contribution in [0.2, 0.25) is 0 Å². The molecule has 0 aromatic rings. The summed E-state index contributed by atoms with van der Waals surface area (Å²) in [5.74, 6) is 1.48. The first-order valence-corrected chi connectivity index (χ1v) is 4.92. The van der Waals surface area contributed by atoms with Crippen LogP contribution in [0.3, 0.4) is 0 Å². The highest BCUT2D eigenvalue weighted by Gasteiger charge is 2.69. The zero-order valence-corrected chi connectivity index (χ0v) is 8.48. The molecule has 2 bridgehead atoms. The lowest BCUT2D eigenvalue weighted by Gasteiger charge is -2.59. The van der Waals surface area contributed by atoms with Crippen molar-refractivity contribution in [2.75, 3.05) is 0 Å². The van der Waals surface area contributed by atoms with Crippen molar-refractivity contribution < 1.29 is 4.79 Å². The van der Waals surface area contributed by atoms with Crippen LogP contribution in [0, 0.1) is 22.7 Å². The fourth-order valence-electron chi connectivity index (χ4n) is 3.78. The molecule has 0 aliphatic heterocycles. The Hall–Kier alpha value is -0.330. The molecule has 3 aliphatic carbocycles. The summed E-state index contributed by atoms with van der Waals surface area (Å²) >= 11 is 0. The van der Waals surface area contributed by atoms with Gasteiger partial charge < -0.3 is 0 Å². The lowest BCUT2D eigenvalue weighted by Crippen LogP contribution is -2.57. The maximum atomic E-state index is 11.4. The molecular formula is C11H18O. The number of hydrogen-bond donors (Lipinski definition) is 0. The third kappa shape index (κ3) is 0.605. The van der Waals surface area contributed by atoms with Crippen molar-refractivity contribution >= 4 is 5.78 Å². The lowest BCUT2D eigenvalue weighted by molar-refractivity contribution is -0.156. The smallest absolute Gasteiger partial charge is 0.133 e. The summed E-state index contributed by atoms with van der Waals surface area (Å²) in [7, 11) is 0. The summed E-state index contributed by atoms with van der Waals surface area (Å²) in [6, 6.07) is 0. The Kier molecular flexibility index (Phi) is 1.34. The van der Waals surface area contributed by atoms with E-state index in [2.05, 4.69) is 20.8 Å². The molecule has 0 spiro atoms. The SMILES string of the molecule is CC(=O)C1C2CCC1(C)C2(C)C. The number of carbonyl (C=O) groups excluding carboxylic acids is 1. The number of rotatable bonds is 1. The highest BCUT2D eigenvalue weighted by Crippen LogP contribution is 2.73. The van der Waals surface area contributed by atoms with Gasteiger partial charge in [-0.3, -0.25) is 4.79 Å². The van der Waals surface area contributed by atoms with E-state index in [-0.39, 0.29) is 0 Å². The van der Waals surface area contributed by atoms with Crippen LogP contribution in [-0.4, -0.2) is 5.78 Å². The Bertz CT molecular complexity index is 241. The minimum absolute atomic E-state index is 0.323. The fourth-order valence-corrected chi connectivity index (χ4v) is 3.78. The quantitative estimate of drug-likeness (QED) is 0.585. The van der Waals surface area contributed by atoms with E-state index < -0.39 is 0 Å². The zero-order valence-electron chi connectivity index (χ0n) is 8.48. The van der Waals surface area contributed by atoms with Gasteiger partial charge in [0, 0.05) is 5.92 Å². The topological polar surface area (TPSA) is 17.1 Å². The van der Waals surface area contributed by atoms with Gasteiger partial charge in [-0.2, -0.15) is 0 Å². The molecule has 3 aliphatic rings. The van der Waals surface area contributed by atoms with Crippen molar-refractivity contribution in [3.05, 3.63) is 0 Å². The molecule has 1 nitrogen and oxygen atoms in total. The summed E-state index contributed by atoms with van der Waals surface area (Å²) in [6.07, 6.45) is 2.53. The molecule has 3 unspecified atom stereocenters. The van der Waals surface area contributed by atoms with E-state index in [4.69, 9.17) is 0 Å². The molecule has 3 atom stereocenters. The van der Waals surface area contributed by atoms with E-state index >= 15 is 0 Å². The number of Topliss-reactive ketones (excluding diaryl/α,β-unsaturated/α-hetero) is 1. The average molecular weight is 166 g/mol. The van der Waals surface area contributed by atoms with Crippen LogP contribution in [0.15, 0.2) is 0 Å². The van der Waals surface area contributed by atoms with Gasteiger partial charge in [-0.25, -0.2) is 0 Å². The van der Waals surface area contributed by atoms with Gasteiger partial charge in [0.25, 0.3) is 0 Å². The van der Waals surface area contributed by atoms with Crippen LogP contribution in [0.4, 0.5) is 0 Å². The van der Waals surface area contributed by atoms with Crippen molar-refractivity contribution in [1.29, 1.82) is 0 Å². The van der Waals surface area contributed by atoms with Gasteiger partial charge in [0.15, 0.2) is 0 Å². The minimum Gasteiger partial charge on any atom is -0.300 e. The van der Waals surface area contributed by atoms with Gasteiger partial charge in [0.2, 0.25) is 0 Å². The molecule has 0 saturated heterocycles. The van der Waals surface area contributed by atoms with Crippen LogP contribution < -0.4 is 0 Å². The molecule has 68 valence electrons. The van der Waals surface area contributed by atoms with Crippen LogP contribution in [-0.2, 0) is 4.79 Å². The molecule has 0 radical (unpaired) electrons. The second kappa shape index (κ2) is 1.94. The monoisotopic (exact) mass is 166 g/mol. The lowest BCUT2D eigenvalue weighted by atomic mass is 9.44. The Balaban J connectivity index is 2.33. The van der Waals surface area contributed by atoms with Gasteiger partial charge in [-0.15, -0.1) is 0 Å². The maximum Gasteiger partial charge on any atom is 0.133 e. The summed E-state index contributed by atoms with van der Waals surface area (Å²) in [6.45, 7) is 8.70. The van der Waals surface area contributed by atoms with Gasteiger partial charge in [0.05, 0.1) is 0 Å². The van der Waals surface area contributed by atoms with Crippen molar-refractivity contribution in [2.24, 2.45) is 22.7 Å². The number of carbonyl (C=O) groups is 1. The summed E-state index contributed by atoms with van der Waals surface area (Å²) < 4.78 is 0. The van der Waals surface area contributed by atoms with Gasteiger partial charge in [-0.05, 0) is 36.5 Å². The Morgan fingerprint density at radius 1 is 1.33 bits per heavy atom. The standard InChI is InChI=1S/C11H18O/c1-7(12)9-8-5-6-11(9,4)10(8,2)3/h8-9H,5-6H2,1-4H3. The van der Waals surface area contributed by atoms with Crippen LogP contribution in [0.5, 0.6) is 0 Å². The van der Waals surface area contributed by atoms with E-state index in [1.807, 2.05) is 0 Å². The molecule has 0 amide bonds. The zero-order chi connectivity index (χ0) is 9.15. The summed E-state index contributed by atoms with van der Waals surface area (Å²) in [5, 5.41) is 0. The Morgan fingerprint density at radius 3 is 2.08 bits per heavy atom. The maximum absolute atomic E-state index is 11.4. The van der Waals surface area contributed by atoms with Gasteiger partial charge >= 0.3 is 0 Å². The molecule has 12 heavy (non-hydrogen) atoms. The number of fused-ring (bicyclic) bond motifs is 1. The third-order valence-electron chi connectivity index (χ3n) is 4.90. The number of hydrogen-bond acceptors (Lipinski definition) is 1. The predicted molar refractivity (Wildman–Crippen MR) is 48.8 cm³/mol. The number of ketones is 1. The molecule has 0 N–H and O–H groups in total. The first-order valence-electron chi connectivity index (χ1n) is 4.92. The van der Waals surface area contributed by atoms with Crippen LogP contribution in [0.1, 0.15) is 40.5 Å². The second-order valence-electron chi connectivity index (χ2n) is 5.37. The molecule has 1 heteroatoms. The molecule has 0 aromatic heterocycles. The molecule has 0 heterocycles. The second-order valence-corrected chi connectivity index (χ2v) is 5.37. The van der Waals surface area contributed by atoms with Crippen molar-refractivity contribution in [3.63, 3.8) is 0 Å². The molecule has 3 fully saturated rings. The summed E-state index contributed by atoms with van der Waals surface area (Å²) in [4.78, 5) is 11.4. The largest absolute Gasteiger partial charge is 0.300 e. The van der Waals surface area contributed by atoms with Crippen molar-refractivity contribution in [2.45, 2.75) is 40.5 Å². The third-order valence-corrected chi connectivity index (χ3v) is 4.90. The van der Waals surface area contributed by atoms with Gasteiger partial charge in [-0.1, -0.05) is 20.8 Å². The fraction of sp³-hybridized carbons (Fsp3) is 0.909. The van der Waals surface area contributed by atoms with Crippen LogP contribution >= 0.6 is 0 Å². The first kappa shape index (κ1) is 8.28. The van der Waals surface area contributed by atoms with Crippen molar-refractivity contribution in [3.8, 4) is 0 Å². The molecule has 3 saturated carbocycles. The van der Waals surface area contributed by atoms with E-state index in [0.717, 1.165) is 0 Å². The molecular weight excluding hydrogens is 148 g/mol. The first-order chi connectivity index (χ1) is 5.41. The normalized spacial score (nSPS) is 48.7. The minimum atomic E-state index is 0.323. The predicted octanol–water partition coefficient (Wildman–Crippen LogP) is 2.65. The Morgan fingerprint density at radius 2 is 1.92 bits per heavy atom. The summed E-state index contributed by atoms with van der Waals surface area (Å²) in [5.41, 5.74) is 0.743. The van der Waals surface area contributed by atoms with Crippen LogP contribution in [0.25, 0.3) is 0 Å².